The molecular weight excluding hydrogens is 138 g/mol. The highest BCUT2D eigenvalue weighted by atomic mass is 16.3. The molecule has 0 aliphatic carbocycles. The Kier molecular flexibility index (Phi) is 2.49. The summed E-state index contributed by atoms with van der Waals surface area (Å²) in [7, 11) is 0. The highest BCUT2D eigenvalue weighted by molar-refractivity contribution is 5.51. The molecule has 11 heavy (non-hydrogen) atoms. The molecule has 2 heteroatoms. The second-order valence-corrected chi connectivity index (χ2v) is 2.65. The SMILES string of the molecule is Cc1occc1/C=C/C(C)N. The van der Waals surface area contributed by atoms with Crippen LogP contribution >= 0.6 is 0 Å². The average Bonchev–Trinajstić information content (AvgIpc) is 2.31. The van der Waals surface area contributed by atoms with Crippen LogP contribution in [0.15, 0.2) is 22.8 Å². The molecule has 1 heterocycles. The molecule has 0 aromatic carbocycles. The van der Waals surface area contributed by atoms with Crippen molar-refractivity contribution in [3.8, 4) is 0 Å². The molecule has 0 saturated heterocycles. The van der Waals surface area contributed by atoms with Crippen molar-refractivity contribution in [2.45, 2.75) is 19.9 Å². The molecule has 60 valence electrons. The largest absolute Gasteiger partial charge is 0.469 e. The Balaban J connectivity index is 2.71. The van der Waals surface area contributed by atoms with Gasteiger partial charge in [0.25, 0.3) is 0 Å². The van der Waals surface area contributed by atoms with Gasteiger partial charge in [0.15, 0.2) is 0 Å². The first-order valence-corrected chi connectivity index (χ1v) is 3.68. The molecular formula is C9H13NO. The average molecular weight is 151 g/mol. The monoisotopic (exact) mass is 151 g/mol. The molecule has 0 bridgehead atoms. The second-order valence-electron chi connectivity index (χ2n) is 2.65. The third-order valence-electron chi connectivity index (χ3n) is 1.48. The summed E-state index contributed by atoms with van der Waals surface area (Å²) in [5.41, 5.74) is 6.64. The Hall–Kier alpha value is -1.02. The Labute approximate surface area is 66.7 Å². The summed E-state index contributed by atoms with van der Waals surface area (Å²) in [5, 5.41) is 0. The lowest BCUT2D eigenvalue weighted by Crippen LogP contribution is -2.09. The summed E-state index contributed by atoms with van der Waals surface area (Å²) in [6, 6.07) is 2.03. The zero-order valence-electron chi connectivity index (χ0n) is 6.87. The predicted octanol–water partition coefficient (Wildman–Crippen LogP) is 1.95. The minimum Gasteiger partial charge on any atom is -0.469 e. The highest BCUT2D eigenvalue weighted by Crippen LogP contribution is 2.10. The normalized spacial score (nSPS) is 14.1. The molecule has 0 saturated carbocycles. The van der Waals surface area contributed by atoms with Crippen molar-refractivity contribution in [1.82, 2.24) is 0 Å². The number of hydrogen-bond donors (Lipinski definition) is 1. The quantitative estimate of drug-likeness (QED) is 0.701. The molecule has 0 fully saturated rings. The zero-order chi connectivity index (χ0) is 8.27. The molecule has 2 N–H and O–H groups in total. The Bertz CT molecular complexity index is 248. The molecule has 1 aromatic rings. The van der Waals surface area contributed by atoms with Crippen molar-refractivity contribution < 1.29 is 4.42 Å². The van der Waals surface area contributed by atoms with Gasteiger partial charge in [0, 0.05) is 11.6 Å². The number of nitrogens with two attached hydrogens (primary N) is 1. The van der Waals surface area contributed by atoms with E-state index in [4.69, 9.17) is 10.2 Å². The number of rotatable bonds is 2. The van der Waals surface area contributed by atoms with Gasteiger partial charge in [0.2, 0.25) is 0 Å². The van der Waals surface area contributed by atoms with Crippen LogP contribution in [0.25, 0.3) is 6.08 Å². The molecule has 1 aromatic heterocycles. The van der Waals surface area contributed by atoms with E-state index in [2.05, 4.69) is 0 Å². The topological polar surface area (TPSA) is 39.2 Å². The van der Waals surface area contributed by atoms with Crippen LogP contribution in [0, 0.1) is 6.92 Å². The molecule has 1 unspecified atom stereocenters. The van der Waals surface area contributed by atoms with Crippen LogP contribution in [-0.4, -0.2) is 6.04 Å². The molecule has 1 atom stereocenters. The van der Waals surface area contributed by atoms with Crippen LogP contribution in [0.4, 0.5) is 0 Å². The van der Waals surface area contributed by atoms with Crippen molar-refractivity contribution in [3.05, 3.63) is 29.7 Å². The second kappa shape index (κ2) is 3.39. The van der Waals surface area contributed by atoms with Crippen LogP contribution < -0.4 is 5.73 Å². The van der Waals surface area contributed by atoms with Crippen LogP contribution in [0.2, 0.25) is 0 Å². The van der Waals surface area contributed by atoms with Gasteiger partial charge in [-0.2, -0.15) is 0 Å². The van der Waals surface area contributed by atoms with Crippen molar-refractivity contribution in [2.75, 3.05) is 0 Å². The van der Waals surface area contributed by atoms with E-state index in [-0.39, 0.29) is 6.04 Å². The van der Waals surface area contributed by atoms with E-state index in [1.807, 2.05) is 32.1 Å². The minimum atomic E-state index is 0.101. The molecule has 0 spiro atoms. The summed E-state index contributed by atoms with van der Waals surface area (Å²) in [6.07, 6.45) is 5.59. The standard InChI is InChI=1S/C9H13NO/c1-7(10)3-4-9-5-6-11-8(9)2/h3-7H,10H2,1-2H3/b4-3+. The van der Waals surface area contributed by atoms with Gasteiger partial charge in [0.05, 0.1) is 6.26 Å². The summed E-state index contributed by atoms with van der Waals surface area (Å²) in [5.74, 6) is 0.932. The summed E-state index contributed by atoms with van der Waals surface area (Å²) < 4.78 is 5.10. The summed E-state index contributed by atoms with van der Waals surface area (Å²) in [4.78, 5) is 0. The number of aryl methyl sites for hydroxylation is 1. The van der Waals surface area contributed by atoms with Crippen molar-refractivity contribution in [1.29, 1.82) is 0 Å². The van der Waals surface area contributed by atoms with Gasteiger partial charge in [0.1, 0.15) is 5.76 Å². The zero-order valence-corrected chi connectivity index (χ0v) is 6.87. The van der Waals surface area contributed by atoms with Gasteiger partial charge in [-0.15, -0.1) is 0 Å². The molecule has 0 aliphatic heterocycles. The van der Waals surface area contributed by atoms with Gasteiger partial charge < -0.3 is 10.2 Å². The van der Waals surface area contributed by atoms with Crippen LogP contribution in [-0.2, 0) is 0 Å². The molecule has 0 radical (unpaired) electrons. The first kappa shape index (κ1) is 8.08. The van der Waals surface area contributed by atoms with Crippen molar-refractivity contribution in [3.63, 3.8) is 0 Å². The summed E-state index contributed by atoms with van der Waals surface area (Å²) in [6.45, 7) is 3.87. The lowest BCUT2D eigenvalue weighted by Gasteiger charge is -1.93. The van der Waals surface area contributed by atoms with E-state index < -0.39 is 0 Å². The van der Waals surface area contributed by atoms with Gasteiger partial charge in [-0.25, -0.2) is 0 Å². The molecule has 0 aliphatic rings. The van der Waals surface area contributed by atoms with Gasteiger partial charge in [-0.1, -0.05) is 12.2 Å². The first-order chi connectivity index (χ1) is 5.20. The lowest BCUT2D eigenvalue weighted by molar-refractivity contribution is 0.533. The predicted molar refractivity (Wildman–Crippen MR) is 46.1 cm³/mol. The maximum absolute atomic E-state index is 5.54. The van der Waals surface area contributed by atoms with Crippen LogP contribution in [0.1, 0.15) is 18.2 Å². The first-order valence-electron chi connectivity index (χ1n) is 3.68. The van der Waals surface area contributed by atoms with E-state index in [1.54, 1.807) is 6.26 Å². The van der Waals surface area contributed by atoms with E-state index in [1.165, 1.54) is 0 Å². The fourth-order valence-corrected chi connectivity index (χ4v) is 0.823. The van der Waals surface area contributed by atoms with Crippen molar-refractivity contribution in [2.24, 2.45) is 5.73 Å². The van der Waals surface area contributed by atoms with Crippen LogP contribution in [0.3, 0.4) is 0 Å². The number of hydrogen-bond acceptors (Lipinski definition) is 2. The summed E-state index contributed by atoms with van der Waals surface area (Å²) >= 11 is 0. The van der Waals surface area contributed by atoms with E-state index in [9.17, 15) is 0 Å². The van der Waals surface area contributed by atoms with Gasteiger partial charge in [-0.05, 0) is 19.9 Å². The Morgan fingerprint density at radius 2 is 2.36 bits per heavy atom. The number of furan rings is 1. The van der Waals surface area contributed by atoms with Crippen molar-refractivity contribution >= 4 is 6.08 Å². The van der Waals surface area contributed by atoms with Crippen LogP contribution in [0.5, 0.6) is 0 Å². The third kappa shape index (κ3) is 2.24. The Morgan fingerprint density at radius 1 is 1.64 bits per heavy atom. The molecule has 1 rings (SSSR count). The molecule has 0 amide bonds. The molecule has 2 nitrogen and oxygen atoms in total. The van der Waals surface area contributed by atoms with Gasteiger partial charge >= 0.3 is 0 Å². The fraction of sp³-hybridized carbons (Fsp3) is 0.333. The van der Waals surface area contributed by atoms with E-state index in [0.717, 1.165) is 11.3 Å². The maximum Gasteiger partial charge on any atom is 0.107 e. The van der Waals surface area contributed by atoms with E-state index in [0.29, 0.717) is 0 Å². The Morgan fingerprint density at radius 3 is 2.82 bits per heavy atom. The highest BCUT2D eigenvalue weighted by Gasteiger charge is 1.95. The lowest BCUT2D eigenvalue weighted by atomic mass is 10.2. The maximum atomic E-state index is 5.54. The fourth-order valence-electron chi connectivity index (χ4n) is 0.823. The smallest absolute Gasteiger partial charge is 0.107 e. The minimum absolute atomic E-state index is 0.101. The van der Waals surface area contributed by atoms with Gasteiger partial charge in [-0.3, -0.25) is 0 Å². The third-order valence-corrected chi connectivity index (χ3v) is 1.48. The van der Waals surface area contributed by atoms with E-state index >= 15 is 0 Å².